The quantitative estimate of drug-likeness (QED) is 0.371. The molecule has 140 valence electrons. The van der Waals surface area contributed by atoms with E-state index < -0.39 is 37.3 Å². The summed E-state index contributed by atoms with van der Waals surface area (Å²) in [5.41, 5.74) is -1.90. The summed E-state index contributed by atoms with van der Waals surface area (Å²) in [5.74, 6) is -1.28. The number of halogens is 2. The number of nitrogens with two attached hydrogens (primary N) is 1. The smallest absolute Gasteiger partial charge is 0.253 e. The third-order valence-electron chi connectivity index (χ3n) is 3.65. The maximum atomic E-state index is 13.0. The third kappa shape index (κ3) is 3.50. The number of phenolic OH excluding ortho intramolecular Hbond substituents is 1. The van der Waals surface area contributed by atoms with E-state index in [2.05, 4.69) is 10.6 Å². The zero-order valence-electron chi connectivity index (χ0n) is 13.3. The zero-order valence-corrected chi connectivity index (χ0v) is 14.9. The van der Waals surface area contributed by atoms with Crippen molar-refractivity contribution >= 4 is 44.4 Å². The van der Waals surface area contributed by atoms with Crippen molar-refractivity contribution in [3.8, 4) is 5.75 Å². The van der Waals surface area contributed by atoms with Gasteiger partial charge < -0.3 is 15.7 Å². The molecule has 8 nitrogen and oxygen atoms in total. The maximum Gasteiger partial charge on any atom is 0.253 e. The van der Waals surface area contributed by atoms with Crippen LogP contribution >= 0.6 is 11.6 Å². The molecule has 0 saturated heterocycles. The Morgan fingerprint density at radius 2 is 1.52 bits per heavy atom. The predicted molar refractivity (Wildman–Crippen MR) is 98.8 cm³/mol. The van der Waals surface area contributed by atoms with E-state index in [1.54, 1.807) is 0 Å². The summed E-state index contributed by atoms with van der Waals surface area (Å²) in [6, 6.07) is 7.39. The van der Waals surface area contributed by atoms with Gasteiger partial charge >= 0.3 is 0 Å². The van der Waals surface area contributed by atoms with Gasteiger partial charge in [-0.2, -0.15) is 0 Å². The Hall–Kier alpha value is -2.95. The molecule has 0 heterocycles. The van der Waals surface area contributed by atoms with Crippen LogP contribution in [-0.2, 0) is 10.0 Å². The average molecular weight is 412 g/mol. The Balaban J connectivity index is 1.99. The molecular weight excluding hydrogens is 401 g/mol. The Bertz CT molecular complexity index is 1220. The molecule has 3 aromatic rings. The molecule has 0 fully saturated rings. The van der Waals surface area contributed by atoms with Gasteiger partial charge in [-0.3, -0.25) is 9.59 Å². The van der Waals surface area contributed by atoms with Gasteiger partial charge in [0.15, 0.2) is 5.75 Å². The van der Waals surface area contributed by atoms with E-state index in [1.807, 2.05) is 0 Å². The molecular formula is C16H11ClFN3O5S. The molecule has 0 radical (unpaired) electrons. The number of hydrogen-bond acceptors (Lipinski definition) is 7. The van der Waals surface area contributed by atoms with Crippen LogP contribution in [0.1, 0.15) is 0 Å². The lowest BCUT2D eigenvalue weighted by Gasteiger charge is -2.17. The van der Waals surface area contributed by atoms with E-state index in [1.165, 1.54) is 18.2 Å². The number of anilines is 4. The largest absolute Gasteiger partial charge is 0.504 e. The molecule has 0 spiro atoms. The summed E-state index contributed by atoms with van der Waals surface area (Å²) < 4.78 is 36.1. The van der Waals surface area contributed by atoms with Crippen LogP contribution in [0, 0.1) is 5.82 Å². The Labute approximate surface area is 156 Å². The number of phenols is 1. The lowest BCUT2D eigenvalue weighted by molar-refractivity contribution is 0.461. The van der Waals surface area contributed by atoms with E-state index in [0.29, 0.717) is 5.69 Å². The molecule has 0 atom stereocenters. The van der Waals surface area contributed by atoms with Crippen molar-refractivity contribution in [1.82, 2.24) is 0 Å². The van der Waals surface area contributed by atoms with Crippen molar-refractivity contribution in [2.24, 2.45) is 5.14 Å². The highest BCUT2D eigenvalue weighted by Gasteiger charge is 2.25. The van der Waals surface area contributed by atoms with Crippen molar-refractivity contribution in [2.75, 3.05) is 10.6 Å². The molecule has 0 amide bonds. The van der Waals surface area contributed by atoms with Crippen LogP contribution in [0.25, 0.3) is 0 Å². The van der Waals surface area contributed by atoms with Crippen molar-refractivity contribution in [2.45, 2.75) is 4.90 Å². The molecule has 0 aliphatic rings. The Kier molecular flexibility index (Phi) is 4.64. The molecule has 11 heteroatoms. The summed E-state index contributed by atoms with van der Waals surface area (Å²) in [7, 11) is -4.34. The van der Waals surface area contributed by atoms with E-state index in [-0.39, 0.29) is 22.1 Å². The average Bonchev–Trinajstić information content (AvgIpc) is 2.59. The van der Waals surface area contributed by atoms with Gasteiger partial charge in [0.05, 0.1) is 10.7 Å². The van der Waals surface area contributed by atoms with Crippen LogP contribution in [0.4, 0.5) is 27.1 Å². The molecule has 27 heavy (non-hydrogen) atoms. The first-order chi connectivity index (χ1) is 12.6. The van der Waals surface area contributed by atoms with Gasteiger partial charge in [-0.05, 0) is 36.4 Å². The fourth-order valence-corrected chi connectivity index (χ4v) is 3.55. The van der Waals surface area contributed by atoms with Crippen LogP contribution in [0.5, 0.6) is 5.75 Å². The number of benzene rings is 2. The highest BCUT2D eigenvalue weighted by Crippen LogP contribution is 2.38. The first kappa shape index (κ1) is 18.8. The van der Waals surface area contributed by atoms with E-state index in [4.69, 9.17) is 16.7 Å². The van der Waals surface area contributed by atoms with Crippen molar-refractivity contribution in [3.63, 3.8) is 0 Å². The number of sulfonamides is 1. The Morgan fingerprint density at radius 1 is 0.963 bits per heavy atom. The summed E-state index contributed by atoms with van der Waals surface area (Å²) >= 11 is 5.75. The summed E-state index contributed by atoms with van der Waals surface area (Å²) in [5, 5.41) is 20.0. The van der Waals surface area contributed by atoms with Gasteiger partial charge in [-0.15, -0.1) is 0 Å². The SMILES string of the molecule is NS(=O)(=O)c1c(Cl)ccc(Nc2c(Nc3ccc(F)cc3)c(=O)c2=O)c1O. The summed E-state index contributed by atoms with van der Waals surface area (Å²) in [6.45, 7) is 0. The number of nitrogens with one attached hydrogen (secondary N) is 2. The topological polar surface area (TPSA) is 139 Å². The second-order valence-electron chi connectivity index (χ2n) is 5.48. The van der Waals surface area contributed by atoms with Crippen molar-refractivity contribution in [1.29, 1.82) is 0 Å². The van der Waals surface area contributed by atoms with E-state index in [9.17, 15) is 27.5 Å². The first-order valence-electron chi connectivity index (χ1n) is 7.27. The minimum Gasteiger partial charge on any atom is -0.504 e. The van der Waals surface area contributed by atoms with Crippen LogP contribution in [0.2, 0.25) is 5.02 Å². The summed E-state index contributed by atoms with van der Waals surface area (Å²) in [4.78, 5) is 23.0. The minimum absolute atomic E-state index is 0.127. The normalized spacial score (nSPS) is 11.5. The first-order valence-corrected chi connectivity index (χ1v) is 9.19. The van der Waals surface area contributed by atoms with Gasteiger partial charge in [0.25, 0.3) is 10.9 Å². The lowest BCUT2D eigenvalue weighted by atomic mass is 10.1. The lowest BCUT2D eigenvalue weighted by Crippen LogP contribution is -2.35. The third-order valence-corrected chi connectivity index (χ3v) is 5.06. The number of aromatic hydroxyl groups is 1. The molecule has 0 aromatic heterocycles. The highest BCUT2D eigenvalue weighted by atomic mass is 35.5. The van der Waals surface area contributed by atoms with Crippen LogP contribution in [0.3, 0.4) is 0 Å². The molecule has 0 saturated carbocycles. The van der Waals surface area contributed by atoms with Gasteiger partial charge in [0, 0.05) is 5.69 Å². The molecule has 3 rings (SSSR count). The minimum atomic E-state index is -4.34. The number of rotatable bonds is 5. The van der Waals surface area contributed by atoms with Gasteiger partial charge in [0.1, 0.15) is 22.1 Å². The monoisotopic (exact) mass is 411 g/mol. The maximum absolute atomic E-state index is 13.0. The van der Waals surface area contributed by atoms with Gasteiger partial charge in [-0.25, -0.2) is 17.9 Å². The Morgan fingerprint density at radius 3 is 2.07 bits per heavy atom. The second kappa shape index (κ2) is 6.65. The fourth-order valence-electron chi connectivity index (χ4n) is 2.36. The molecule has 0 bridgehead atoms. The molecule has 0 unspecified atom stereocenters. The van der Waals surface area contributed by atoms with Crippen LogP contribution in [0.15, 0.2) is 50.9 Å². The van der Waals surface area contributed by atoms with Gasteiger partial charge in [-0.1, -0.05) is 11.6 Å². The molecule has 5 N–H and O–H groups in total. The standard InChI is InChI=1S/C16H11ClFN3O5S/c17-9-5-6-10(13(22)16(9)27(19,25)26)21-12-11(14(23)15(12)24)20-8-3-1-7(18)2-4-8/h1-6,20-22H,(H2,19,25,26). The predicted octanol–water partition coefficient (Wildman–Crippen LogP) is 1.92. The second-order valence-corrected chi connectivity index (χ2v) is 7.39. The van der Waals surface area contributed by atoms with Crippen LogP contribution < -0.4 is 26.6 Å². The zero-order chi connectivity index (χ0) is 19.9. The molecule has 0 aliphatic carbocycles. The van der Waals surface area contributed by atoms with Crippen LogP contribution in [-0.4, -0.2) is 13.5 Å². The molecule has 0 aliphatic heterocycles. The van der Waals surface area contributed by atoms with Crippen molar-refractivity contribution < 1.29 is 17.9 Å². The van der Waals surface area contributed by atoms with Gasteiger partial charge in [0.2, 0.25) is 10.0 Å². The number of hydrogen-bond donors (Lipinski definition) is 4. The van der Waals surface area contributed by atoms with Crippen molar-refractivity contribution in [3.05, 3.63) is 67.7 Å². The van der Waals surface area contributed by atoms with E-state index in [0.717, 1.165) is 18.2 Å². The molecule has 3 aromatic carbocycles. The fraction of sp³-hybridized carbons (Fsp3) is 0. The van der Waals surface area contributed by atoms with E-state index >= 15 is 0 Å². The summed E-state index contributed by atoms with van der Waals surface area (Å²) in [6.07, 6.45) is 0. The highest BCUT2D eigenvalue weighted by molar-refractivity contribution is 7.89. The number of primary sulfonamides is 1.